The molecule has 0 aliphatic heterocycles. The Bertz CT molecular complexity index is 2490. The first-order chi connectivity index (χ1) is 22.8. The lowest BCUT2D eigenvalue weighted by Gasteiger charge is -2.15. The summed E-state index contributed by atoms with van der Waals surface area (Å²) in [6, 6.07) is 55.4. The number of benzene rings is 7. The Hall–Kier alpha value is -6.19. The molecule has 0 spiro atoms. The van der Waals surface area contributed by atoms with Gasteiger partial charge in [0, 0.05) is 28.5 Å². The van der Waals surface area contributed by atoms with Gasteiger partial charge in [-0.1, -0.05) is 140 Å². The zero-order chi connectivity index (χ0) is 30.5. The number of hydrogen-bond donors (Lipinski definition) is 0. The molecule has 214 valence electrons. The predicted octanol–water partition coefficient (Wildman–Crippen LogP) is 11.1. The maximum atomic E-state index is 5.15. The Balaban J connectivity index is 1.18. The van der Waals surface area contributed by atoms with Crippen LogP contribution in [0.15, 0.2) is 164 Å². The summed E-state index contributed by atoms with van der Waals surface area (Å²) >= 11 is 0. The van der Waals surface area contributed by atoms with Crippen LogP contribution in [0, 0.1) is 0 Å². The molecule has 0 atom stereocenters. The van der Waals surface area contributed by atoms with E-state index >= 15 is 0 Å². The molecule has 7 aromatic carbocycles. The minimum absolute atomic E-state index is 0.689. The fourth-order valence-corrected chi connectivity index (χ4v) is 6.71. The van der Waals surface area contributed by atoms with Crippen molar-refractivity contribution in [2.24, 2.45) is 0 Å². The third-order valence-corrected chi connectivity index (χ3v) is 8.92. The highest BCUT2D eigenvalue weighted by Crippen LogP contribution is 2.40. The molecule has 2 aromatic heterocycles. The molecule has 0 aliphatic carbocycles. The number of hydrogen-bond acceptors (Lipinski definition) is 3. The van der Waals surface area contributed by atoms with Crippen LogP contribution in [-0.4, -0.2) is 15.0 Å². The topological polar surface area (TPSA) is 38.7 Å². The minimum atomic E-state index is 0.689. The van der Waals surface area contributed by atoms with E-state index in [4.69, 9.17) is 9.97 Å². The summed E-state index contributed by atoms with van der Waals surface area (Å²) < 4.78 is 0. The summed E-state index contributed by atoms with van der Waals surface area (Å²) in [6.45, 7) is 0. The SMILES string of the molecule is c1ccc(-c2cc(-c3ccccc3-c3ccccn3)nc(-c3ccc(-c4ccc5ccc6cccc7ccc4c5c67)cc3)n2)cc1. The summed E-state index contributed by atoms with van der Waals surface area (Å²) in [5.74, 6) is 0.689. The van der Waals surface area contributed by atoms with Crippen molar-refractivity contribution in [2.75, 3.05) is 0 Å². The molecule has 0 radical (unpaired) electrons. The average molecular weight is 586 g/mol. The molecule has 46 heavy (non-hydrogen) atoms. The Morgan fingerprint density at radius 3 is 1.74 bits per heavy atom. The van der Waals surface area contributed by atoms with Gasteiger partial charge >= 0.3 is 0 Å². The molecule has 0 unspecified atom stereocenters. The molecule has 3 nitrogen and oxygen atoms in total. The van der Waals surface area contributed by atoms with Gasteiger partial charge < -0.3 is 0 Å². The average Bonchev–Trinajstić information content (AvgIpc) is 3.14. The van der Waals surface area contributed by atoms with Gasteiger partial charge in [0.05, 0.1) is 17.1 Å². The highest BCUT2D eigenvalue weighted by molar-refractivity contribution is 6.25. The van der Waals surface area contributed by atoms with E-state index in [-0.39, 0.29) is 0 Å². The van der Waals surface area contributed by atoms with Gasteiger partial charge in [0.1, 0.15) is 0 Å². The summed E-state index contributed by atoms with van der Waals surface area (Å²) in [5.41, 5.74) is 9.13. The van der Waals surface area contributed by atoms with E-state index in [2.05, 4.69) is 120 Å². The van der Waals surface area contributed by atoms with Gasteiger partial charge in [0.25, 0.3) is 0 Å². The Morgan fingerprint density at radius 2 is 0.978 bits per heavy atom. The molecule has 0 bridgehead atoms. The number of aromatic nitrogens is 3. The molecule has 2 heterocycles. The lowest BCUT2D eigenvalue weighted by molar-refractivity contribution is 1.18. The summed E-state index contributed by atoms with van der Waals surface area (Å²) in [6.07, 6.45) is 1.83. The van der Waals surface area contributed by atoms with E-state index in [1.54, 1.807) is 0 Å². The predicted molar refractivity (Wildman–Crippen MR) is 191 cm³/mol. The van der Waals surface area contributed by atoms with Gasteiger partial charge in [-0.3, -0.25) is 4.98 Å². The van der Waals surface area contributed by atoms with Crippen molar-refractivity contribution < 1.29 is 0 Å². The van der Waals surface area contributed by atoms with Crippen molar-refractivity contribution >= 4 is 32.3 Å². The van der Waals surface area contributed by atoms with Crippen LogP contribution in [0.3, 0.4) is 0 Å². The van der Waals surface area contributed by atoms with E-state index in [1.807, 2.05) is 48.7 Å². The Kier molecular flexibility index (Phi) is 6.14. The molecule has 0 amide bonds. The molecular weight excluding hydrogens is 558 g/mol. The molecule has 0 N–H and O–H groups in total. The maximum Gasteiger partial charge on any atom is 0.160 e. The van der Waals surface area contributed by atoms with Crippen LogP contribution in [0.25, 0.3) is 88.6 Å². The fourth-order valence-electron chi connectivity index (χ4n) is 6.71. The highest BCUT2D eigenvalue weighted by atomic mass is 14.9. The van der Waals surface area contributed by atoms with Crippen LogP contribution in [0.1, 0.15) is 0 Å². The van der Waals surface area contributed by atoms with E-state index in [0.29, 0.717) is 5.82 Å². The number of nitrogens with zero attached hydrogens (tertiary/aromatic N) is 3. The van der Waals surface area contributed by atoms with Crippen molar-refractivity contribution in [2.45, 2.75) is 0 Å². The van der Waals surface area contributed by atoms with E-state index in [0.717, 1.165) is 39.3 Å². The van der Waals surface area contributed by atoms with Crippen molar-refractivity contribution in [1.29, 1.82) is 0 Å². The third kappa shape index (κ3) is 4.41. The van der Waals surface area contributed by atoms with E-state index < -0.39 is 0 Å². The van der Waals surface area contributed by atoms with Gasteiger partial charge in [0.15, 0.2) is 5.82 Å². The first kappa shape index (κ1) is 26.2. The van der Waals surface area contributed by atoms with E-state index in [9.17, 15) is 0 Å². The molecule has 9 rings (SSSR count). The molecule has 3 heteroatoms. The van der Waals surface area contributed by atoms with Crippen molar-refractivity contribution in [3.05, 3.63) is 164 Å². The Morgan fingerprint density at radius 1 is 0.348 bits per heavy atom. The number of rotatable bonds is 5. The third-order valence-electron chi connectivity index (χ3n) is 8.92. The maximum absolute atomic E-state index is 5.15. The van der Waals surface area contributed by atoms with Gasteiger partial charge in [-0.2, -0.15) is 0 Å². The van der Waals surface area contributed by atoms with Crippen LogP contribution < -0.4 is 0 Å². The van der Waals surface area contributed by atoms with Crippen LogP contribution in [0.4, 0.5) is 0 Å². The minimum Gasteiger partial charge on any atom is -0.256 e. The largest absolute Gasteiger partial charge is 0.256 e. The zero-order valence-corrected chi connectivity index (χ0v) is 24.9. The lowest BCUT2D eigenvalue weighted by Crippen LogP contribution is -1.97. The smallest absolute Gasteiger partial charge is 0.160 e. The zero-order valence-electron chi connectivity index (χ0n) is 24.9. The number of pyridine rings is 1. The summed E-state index contributed by atoms with van der Waals surface area (Å²) in [4.78, 5) is 14.9. The molecule has 0 aliphatic rings. The second kappa shape index (κ2) is 10.8. The lowest BCUT2D eigenvalue weighted by atomic mass is 9.90. The fraction of sp³-hybridized carbons (Fsp3) is 0. The standard InChI is InChI=1S/C43H27N3/c1-2-9-29(10-3-1)39-27-40(36-14-5-4-13-35(36)38-15-6-7-26-44-38)46-43(45-39)33-20-16-28(17-21-33)34-24-22-32-19-18-30-11-8-12-31-23-25-37(34)42(32)41(30)31/h1-27H. The Labute approximate surface area is 266 Å². The quantitative estimate of drug-likeness (QED) is 0.189. The molecule has 9 aromatic rings. The first-order valence-corrected chi connectivity index (χ1v) is 15.5. The summed E-state index contributed by atoms with van der Waals surface area (Å²) in [5, 5.41) is 7.75. The normalized spacial score (nSPS) is 11.5. The summed E-state index contributed by atoms with van der Waals surface area (Å²) in [7, 11) is 0. The van der Waals surface area contributed by atoms with Gasteiger partial charge in [-0.25, -0.2) is 9.97 Å². The van der Waals surface area contributed by atoms with Gasteiger partial charge in [-0.15, -0.1) is 0 Å². The van der Waals surface area contributed by atoms with E-state index in [1.165, 1.54) is 43.4 Å². The van der Waals surface area contributed by atoms with Gasteiger partial charge in [0.2, 0.25) is 0 Å². The second-order valence-corrected chi connectivity index (χ2v) is 11.6. The van der Waals surface area contributed by atoms with Crippen molar-refractivity contribution in [3.63, 3.8) is 0 Å². The van der Waals surface area contributed by atoms with Crippen LogP contribution in [0.2, 0.25) is 0 Å². The van der Waals surface area contributed by atoms with Crippen LogP contribution >= 0.6 is 0 Å². The molecule has 0 saturated carbocycles. The second-order valence-electron chi connectivity index (χ2n) is 11.6. The van der Waals surface area contributed by atoms with Crippen molar-refractivity contribution in [3.8, 4) is 56.3 Å². The molecular formula is C43H27N3. The molecule has 0 fully saturated rings. The van der Waals surface area contributed by atoms with Crippen molar-refractivity contribution in [1.82, 2.24) is 15.0 Å². The molecule has 0 saturated heterocycles. The first-order valence-electron chi connectivity index (χ1n) is 15.5. The monoisotopic (exact) mass is 585 g/mol. The van der Waals surface area contributed by atoms with Gasteiger partial charge in [-0.05, 0) is 61.6 Å². The van der Waals surface area contributed by atoms with Crippen LogP contribution in [-0.2, 0) is 0 Å². The van der Waals surface area contributed by atoms with Crippen LogP contribution in [0.5, 0.6) is 0 Å². The highest BCUT2D eigenvalue weighted by Gasteiger charge is 2.16.